The lowest BCUT2D eigenvalue weighted by Crippen LogP contribution is -2.42. The molecule has 2 rings (SSSR count). The number of carbonyl (C=O) groups excluding carboxylic acids is 1. The van der Waals surface area contributed by atoms with Gasteiger partial charge in [0.2, 0.25) is 5.91 Å². The highest BCUT2D eigenvalue weighted by atomic mass is 79.9. The summed E-state index contributed by atoms with van der Waals surface area (Å²) >= 11 is 3.54. The van der Waals surface area contributed by atoms with E-state index in [0.29, 0.717) is 12.5 Å². The number of rotatable bonds is 7. The molecule has 126 valence electrons. The predicted molar refractivity (Wildman–Crippen MR) is 97.7 cm³/mol. The number of aliphatic imine (C=N–C) groups is 1. The Balaban J connectivity index is 1.95. The fourth-order valence-electron chi connectivity index (χ4n) is 2.54. The van der Waals surface area contributed by atoms with Crippen LogP contribution in [-0.4, -0.2) is 38.0 Å². The topological polar surface area (TPSA) is 65.5 Å². The van der Waals surface area contributed by atoms with Gasteiger partial charge in [-0.2, -0.15) is 0 Å². The molecule has 1 aliphatic rings. The summed E-state index contributed by atoms with van der Waals surface area (Å²) in [5, 5.41) is 9.33. The first-order chi connectivity index (χ1) is 11.1. The highest BCUT2D eigenvalue weighted by Crippen LogP contribution is 2.48. The van der Waals surface area contributed by atoms with Gasteiger partial charge in [-0.15, -0.1) is 0 Å². The molecule has 0 heterocycles. The lowest BCUT2D eigenvalue weighted by molar-refractivity contribution is -0.119. The molecule has 23 heavy (non-hydrogen) atoms. The molecule has 3 N–H and O–H groups in total. The smallest absolute Gasteiger partial charge is 0.241 e. The number of halogens is 1. The van der Waals surface area contributed by atoms with Crippen LogP contribution in [0.1, 0.15) is 32.3 Å². The van der Waals surface area contributed by atoms with E-state index in [2.05, 4.69) is 55.1 Å². The van der Waals surface area contributed by atoms with Crippen LogP contribution in [0.3, 0.4) is 0 Å². The third-order valence-corrected chi connectivity index (χ3v) is 4.48. The number of guanidine groups is 1. The van der Waals surface area contributed by atoms with Gasteiger partial charge in [-0.05, 0) is 44.4 Å². The van der Waals surface area contributed by atoms with Crippen LogP contribution in [0.25, 0.3) is 0 Å². The van der Waals surface area contributed by atoms with Crippen molar-refractivity contribution < 1.29 is 4.79 Å². The van der Waals surface area contributed by atoms with E-state index in [1.54, 1.807) is 0 Å². The van der Waals surface area contributed by atoms with Crippen molar-refractivity contribution in [2.75, 3.05) is 26.2 Å². The van der Waals surface area contributed by atoms with Gasteiger partial charge in [0, 0.05) is 29.5 Å². The summed E-state index contributed by atoms with van der Waals surface area (Å²) in [7, 11) is 0. The van der Waals surface area contributed by atoms with Crippen molar-refractivity contribution in [1.29, 1.82) is 0 Å². The highest BCUT2D eigenvalue weighted by Gasteiger charge is 2.44. The molecule has 0 atom stereocenters. The number of nitrogens with one attached hydrogen (secondary N) is 3. The zero-order valence-corrected chi connectivity index (χ0v) is 15.4. The Bertz CT molecular complexity index is 569. The zero-order valence-electron chi connectivity index (χ0n) is 13.8. The van der Waals surface area contributed by atoms with Crippen LogP contribution in [0.5, 0.6) is 0 Å². The Labute approximate surface area is 146 Å². The largest absolute Gasteiger partial charge is 0.357 e. The highest BCUT2D eigenvalue weighted by molar-refractivity contribution is 9.10. The van der Waals surface area contributed by atoms with Crippen LogP contribution >= 0.6 is 15.9 Å². The minimum atomic E-state index is -0.0576. The molecule has 1 saturated carbocycles. The number of hydrogen-bond acceptors (Lipinski definition) is 2. The standard InChI is InChI=1S/C17H25BrN4O/c1-3-19-15(23)11-21-16(20-4-2)22-12-17(8-9-17)13-6-5-7-14(18)10-13/h5-7,10H,3-4,8-9,11-12H2,1-2H3,(H,19,23)(H2,20,21,22). The van der Waals surface area contributed by atoms with Gasteiger partial charge in [0.15, 0.2) is 5.96 Å². The average molecular weight is 381 g/mol. The molecule has 5 nitrogen and oxygen atoms in total. The Morgan fingerprint density at radius 3 is 2.57 bits per heavy atom. The third-order valence-electron chi connectivity index (χ3n) is 3.98. The number of carbonyl (C=O) groups is 1. The van der Waals surface area contributed by atoms with Crippen molar-refractivity contribution in [1.82, 2.24) is 16.0 Å². The molecule has 0 aromatic heterocycles. The maximum atomic E-state index is 11.5. The maximum absolute atomic E-state index is 11.5. The second-order valence-electron chi connectivity index (χ2n) is 5.79. The number of likely N-dealkylation sites (N-methyl/N-ethyl adjacent to an activating group) is 1. The zero-order chi connectivity index (χ0) is 16.7. The van der Waals surface area contributed by atoms with Crippen LogP contribution in [-0.2, 0) is 10.2 Å². The quantitative estimate of drug-likeness (QED) is 0.501. The first-order valence-electron chi connectivity index (χ1n) is 8.14. The van der Waals surface area contributed by atoms with Crippen molar-refractivity contribution in [2.45, 2.75) is 32.1 Å². The maximum Gasteiger partial charge on any atom is 0.241 e. The molecule has 0 aliphatic heterocycles. The van der Waals surface area contributed by atoms with Gasteiger partial charge in [-0.25, -0.2) is 4.99 Å². The third kappa shape index (κ3) is 5.23. The normalized spacial score (nSPS) is 15.9. The van der Waals surface area contributed by atoms with E-state index >= 15 is 0 Å². The molecule has 0 radical (unpaired) electrons. The molecule has 1 aliphatic carbocycles. The van der Waals surface area contributed by atoms with Gasteiger partial charge in [-0.1, -0.05) is 28.1 Å². The van der Waals surface area contributed by atoms with Gasteiger partial charge < -0.3 is 16.0 Å². The van der Waals surface area contributed by atoms with Crippen molar-refractivity contribution >= 4 is 27.8 Å². The number of nitrogens with zero attached hydrogens (tertiary/aromatic N) is 1. The van der Waals surface area contributed by atoms with Crippen LogP contribution in [0.15, 0.2) is 33.7 Å². The molecule has 0 unspecified atom stereocenters. The molecule has 0 saturated heterocycles. The molecule has 0 spiro atoms. The minimum Gasteiger partial charge on any atom is -0.357 e. The summed E-state index contributed by atoms with van der Waals surface area (Å²) in [6, 6.07) is 8.49. The predicted octanol–water partition coefficient (Wildman–Crippen LogP) is 2.17. The van der Waals surface area contributed by atoms with Crippen molar-refractivity contribution in [3.8, 4) is 0 Å². The van der Waals surface area contributed by atoms with E-state index in [1.165, 1.54) is 18.4 Å². The van der Waals surface area contributed by atoms with Gasteiger partial charge in [-0.3, -0.25) is 4.79 Å². The van der Waals surface area contributed by atoms with Crippen LogP contribution < -0.4 is 16.0 Å². The van der Waals surface area contributed by atoms with Gasteiger partial charge in [0.25, 0.3) is 0 Å². The first kappa shape index (κ1) is 17.8. The van der Waals surface area contributed by atoms with Crippen LogP contribution in [0.2, 0.25) is 0 Å². The molecule has 1 amide bonds. The van der Waals surface area contributed by atoms with Crippen LogP contribution in [0, 0.1) is 0 Å². The summed E-state index contributed by atoms with van der Waals surface area (Å²) in [4.78, 5) is 15.9. The molecule has 1 fully saturated rings. The Kier molecular flexibility index (Phi) is 6.45. The molecular formula is C17H25BrN4O. The molecule has 1 aromatic carbocycles. The molecule has 1 aromatic rings. The van der Waals surface area contributed by atoms with E-state index in [4.69, 9.17) is 0 Å². The Morgan fingerprint density at radius 1 is 1.22 bits per heavy atom. The van der Waals surface area contributed by atoms with Gasteiger partial charge >= 0.3 is 0 Å². The summed E-state index contributed by atoms with van der Waals surface area (Å²) in [6.45, 7) is 6.29. The SMILES string of the molecule is CCNC(=O)CN=C(NCC)NCC1(c2cccc(Br)c2)CC1. The Hall–Kier alpha value is -1.56. The van der Waals surface area contributed by atoms with E-state index < -0.39 is 0 Å². The summed E-state index contributed by atoms with van der Waals surface area (Å²) < 4.78 is 1.11. The lowest BCUT2D eigenvalue weighted by Gasteiger charge is -2.19. The molecular weight excluding hydrogens is 356 g/mol. The number of benzene rings is 1. The van der Waals surface area contributed by atoms with Gasteiger partial charge in [0.05, 0.1) is 0 Å². The lowest BCUT2D eigenvalue weighted by atomic mass is 9.96. The molecule has 6 heteroatoms. The van der Waals surface area contributed by atoms with Crippen molar-refractivity contribution in [2.24, 2.45) is 4.99 Å². The fourth-order valence-corrected chi connectivity index (χ4v) is 2.93. The fraction of sp³-hybridized carbons (Fsp3) is 0.529. The van der Waals surface area contributed by atoms with Crippen molar-refractivity contribution in [3.63, 3.8) is 0 Å². The number of hydrogen-bond donors (Lipinski definition) is 3. The van der Waals surface area contributed by atoms with E-state index in [-0.39, 0.29) is 17.9 Å². The Morgan fingerprint density at radius 2 is 1.96 bits per heavy atom. The minimum absolute atomic E-state index is 0.0576. The monoisotopic (exact) mass is 380 g/mol. The van der Waals surface area contributed by atoms with Crippen molar-refractivity contribution in [3.05, 3.63) is 34.3 Å². The summed E-state index contributed by atoms with van der Waals surface area (Å²) in [6.07, 6.45) is 2.35. The number of amides is 1. The van der Waals surface area contributed by atoms with Crippen LogP contribution in [0.4, 0.5) is 0 Å². The van der Waals surface area contributed by atoms with E-state index in [1.807, 2.05) is 19.9 Å². The first-order valence-corrected chi connectivity index (χ1v) is 8.94. The summed E-state index contributed by atoms with van der Waals surface area (Å²) in [5.74, 6) is 0.637. The average Bonchev–Trinajstić information content (AvgIpc) is 3.32. The van der Waals surface area contributed by atoms with Gasteiger partial charge in [0.1, 0.15) is 6.54 Å². The van der Waals surface area contributed by atoms with E-state index in [9.17, 15) is 4.79 Å². The van der Waals surface area contributed by atoms with E-state index in [0.717, 1.165) is 17.6 Å². The second kappa shape index (κ2) is 8.34. The second-order valence-corrected chi connectivity index (χ2v) is 6.71. The summed E-state index contributed by atoms with van der Waals surface area (Å²) in [5.41, 5.74) is 1.53. The molecule has 0 bridgehead atoms.